The van der Waals surface area contributed by atoms with Crippen molar-refractivity contribution in [3.8, 4) is 0 Å². The standard InChI is InChI=1S/C19H22F2N8O2/c20-11-5-24-18-15(17(22)26-29(18)8-11)19(30)25-14-7-23-6-13(21)16(14)28-3-1-27(2-4-28)12-9-31-10-12/h5-7,11-12H,1-4,8-10H2,(H2,22,26)(H,25,30). The molecule has 0 spiro atoms. The summed E-state index contributed by atoms with van der Waals surface area (Å²) in [7, 11) is 0. The highest BCUT2D eigenvalue weighted by Gasteiger charge is 2.31. The molecule has 5 heterocycles. The Morgan fingerprint density at radius 2 is 2.00 bits per heavy atom. The third-order valence-corrected chi connectivity index (χ3v) is 5.77. The van der Waals surface area contributed by atoms with Crippen LogP contribution in [0.4, 0.5) is 31.8 Å². The van der Waals surface area contributed by atoms with Crippen molar-refractivity contribution in [1.29, 1.82) is 0 Å². The number of piperazine rings is 1. The van der Waals surface area contributed by atoms with Crippen LogP contribution in [0.2, 0.25) is 0 Å². The highest BCUT2D eigenvalue weighted by molar-refractivity contribution is 6.11. The maximum absolute atomic E-state index is 14.8. The summed E-state index contributed by atoms with van der Waals surface area (Å²) in [6.07, 6.45) is 2.33. The summed E-state index contributed by atoms with van der Waals surface area (Å²) in [6, 6.07) is 0.421. The number of carbonyl (C=O) groups excluding carboxylic acids is 1. The first-order chi connectivity index (χ1) is 15.0. The molecule has 0 saturated carbocycles. The van der Waals surface area contributed by atoms with Crippen molar-refractivity contribution in [3.63, 3.8) is 0 Å². The first-order valence-corrected chi connectivity index (χ1v) is 10.1. The number of pyridine rings is 1. The molecule has 5 rings (SSSR count). The number of alkyl halides is 1. The number of nitrogens with two attached hydrogens (primary N) is 1. The Morgan fingerprint density at radius 1 is 1.23 bits per heavy atom. The Hall–Kier alpha value is -3.12. The number of halogens is 2. The highest BCUT2D eigenvalue weighted by atomic mass is 19.1. The summed E-state index contributed by atoms with van der Waals surface area (Å²) in [5.41, 5.74) is 6.42. The lowest BCUT2D eigenvalue weighted by atomic mass is 10.1. The summed E-state index contributed by atoms with van der Waals surface area (Å²) in [4.78, 5) is 25.1. The summed E-state index contributed by atoms with van der Waals surface area (Å²) in [5.74, 6) is -1.03. The van der Waals surface area contributed by atoms with Crippen LogP contribution in [0.25, 0.3) is 0 Å². The molecule has 2 aromatic heterocycles. The topological polar surface area (TPSA) is 114 Å². The molecule has 164 valence electrons. The Bertz CT molecular complexity index is 1030. The van der Waals surface area contributed by atoms with E-state index in [4.69, 9.17) is 10.5 Å². The monoisotopic (exact) mass is 432 g/mol. The Labute approximate surface area is 176 Å². The van der Waals surface area contributed by atoms with E-state index in [1.54, 1.807) is 0 Å². The number of nitrogens with zero attached hydrogens (tertiary/aromatic N) is 6. The highest BCUT2D eigenvalue weighted by Crippen LogP contribution is 2.33. The Morgan fingerprint density at radius 3 is 2.71 bits per heavy atom. The lowest BCUT2D eigenvalue weighted by Crippen LogP contribution is -2.56. The molecule has 1 amide bonds. The van der Waals surface area contributed by atoms with Gasteiger partial charge in [0, 0.05) is 32.4 Å². The van der Waals surface area contributed by atoms with E-state index < -0.39 is 17.9 Å². The molecule has 3 aliphatic rings. The molecule has 31 heavy (non-hydrogen) atoms. The molecular formula is C19H22F2N8O2. The van der Waals surface area contributed by atoms with Crippen LogP contribution in [-0.4, -0.2) is 83.4 Å². The minimum atomic E-state index is -1.30. The van der Waals surface area contributed by atoms with Gasteiger partial charge in [0.05, 0.1) is 43.9 Å². The maximum atomic E-state index is 14.8. The lowest BCUT2D eigenvalue weighted by Gasteiger charge is -2.43. The van der Waals surface area contributed by atoms with Gasteiger partial charge in [-0.25, -0.2) is 18.5 Å². The zero-order valence-electron chi connectivity index (χ0n) is 16.7. The molecule has 3 N–H and O–H groups in total. The smallest absolute Gasteiger partial charge is 0.263 e. The fraction of sp³-hybridized carbons (Fsp3) is 0.474. The van der Waals surface area contributed by atoms with E-state index in [0.717, 1.165) is 38.7 Å². The summed E-state index contributed by atoms with van der Waals surface area (Å²) in [5, 5.41) is 6.69. The van der Waals surface area contributed by atoms with Gasteiger partial charge in [-0.05, 0) is 0 Å². The van der Waals surface area contributed by atoms with E-state index in [0.29, 0.717) is 19.1 Å². The van der Waals surface area contributed by atoms with Gasteiger partial charge in [-0.2, -0.15) is 5.10 Å². The van der Waals surface area contributed by atoms with E-state index in [2.05, 4.69) is 25.3 Å². The molecule has 1 unspecified atom stereocenters. The van der Waals surface area contributed by atoms with Crippen molar-refractivity contribution < 1.29 is 18.3 Å². The molecule has 0 aromatic carbocycles. The second kappa shape index (κ2) is 7.85. The van der Waals surface area contributed by atoms with Crippen molar-refractivity contribution in [2.45, 2.75) is 18.8 Å². The third-order valence-electron chi connectivity index (χ3n) is 5.77. The first-order valence-electron chi connectivity index (χ1n) is 10.1. The number of amides is 1. The number of nitrogens with one attached hydrogen (secondary N) is 1. The van der Waals surface area contributed by atoms with Gasteiger partial charge in [0.15, 0.2) is 23.6 Å². The van der Waals surface area contributed by atoms with Crippen LogP contribution in [0.15, 0.2) is 17.4 Å². The molecule has 0 bridgehead atoms. The van der Waals surface area contributed by atoms with Crippen LogP contribution in [0, 0.1) is 5.82 Å². The lowest BCUT2D eigenvalue weighted by molar-refractivity contribution is -0.0660. The van der Waals surface area contributed by atoms with E-state index in [1.165, 1.54) is 10.9 Å². The summed E-state index contributed by atoms with van der Waals surface area (Å²) in [6.45, 7) is 4.14. The number of carbonyl (C=O) groups is 1. The molecule has 0 radical (unpaired) electrons. The normalized spacial score (nSPS) is 21.6. The number of rotatable bonds is 4. The SMILES string of the molecule is Nc1nn2c(c1C(=O)Nc1cncc(F)c1N1CCN(C3COC3)CC1)N=CC(F)C2. The minimum Gasteiger partial charge on any atom is -0.381 e. The fourth-order valence-electron chi connectivity index (χ4n) is 4.08. The summed E-state index contributed by atoms with van der Waals surface area (Å²) >= 11 is 0. The van der Waals surface area contributed by atoms with Crippen molar-refractivity contribution in [1.82, 2.24) is 19.7 Å². The van der Waals surface area contributed by atoms with Gasteiger partial charge in [0.1, 0.15) is 11.3 Å². The number of hydrogen-bond donors (Lipinski definition) is 2. The number of aliphatic imine (C=N–C) groups is 1. The quantitative estimate of drug-likeness (QED) is 0.736. The molecule has 12 heteroatoms. The summed E-state index contributed by atoms with van der Waals surface area (Å²) < 4.78 is 34.8. The van der Waals surface area contributed by atoms with Crippen molar-refractivity contribution in [2.24, 2.45) is 4.99 Å². The number of aromatic nitrogens is 3. The molecule has 1 atom stereocenters. The average molecular weight is 432 g/mol. The third kappa shape index (κ3) is 3.61. The van der Waals surface area contributed by atoms with Gasteiger partial charge in [-0.15, -0.1) is 0 Å². The average Bonchev–Trinajstić information content (AvgIpc) is 3.02. The molecule has 3 aliphatic heterocycles. The maximum Gasteiger partial charge on any atom is 0.263 e. The van der Waals surface area contributed by atoms with E-state index in [-0.39, 0.29) is 35.1 Å². The van der Waals surface area contributed by atoms with Crippen LogP contribution in [0.3, 0.4) is 0 Å². The van der Waals surface area contributed by atoms with Crippen LogP contribution >= 0.6 is 0 Å². The minimum absolute atomic E-state index is 0.0214. The van der Waals surface area contributed by atoms with E-state index >= 15 is 0 Å². The van der Waals surface area contributed by atoms with Gasteiger partial charge in [0.25, 0.3) is 5.91 Å². The number of fused-ring (bicyclic) bond motifs is 1. The van der Waals surface area contributed by atoms with E-state index in [1.807, 2.05) is 4.90 Å². The van der Waals surface area contributed by atoms with Crippen molar-refractivity contribution in [3.05, 3.63) is 23.8 Å². The van der Waals surface area contributed by atoms with Gasteiger partial charge in [-0.1, -0.05) is 0 Å². The predicted octanol–water partition coefficient (Wildman–Crippen LogP) is 0.826. The molecular weight excluding hydrogens is 410 g/mol. The van der Waals surface area contributed by atoms with Gasteiger partial charge >= 0.3 is 0 Å². The van der Waals surface area contributed by atoms with Crippen molar-refractivity contribution >= 4 is 35.1 Å². The Balaban J connectivity index is 1.37. The van der Waals surface area contributed by atoms with Crippen LogP contribution in [0.1, 0.15) is 10.4 Å². The van der Waals surface area contributed by atoms with Gasteiger partial charge < -0.3 is 20.7 Å². The molecule has 2 aromatic rings. The van der Waals surface area contributed by atoms with Crippen LogP contribution in [-0.2, 0) is 11.3 Å². The van der Waals surface area contributed by atoms with E-state index in [9.17, 15) is 13.6 Å². The number of anilines is 3. The number of nitrogen functional groups attached to an aromatic ring is 1. The molecule has 2 fully saturated rings. The number of ether oxygens (including phenoxy) is 1. The zero-order chi connectivity index (χ0) is 21.5. The fourth-order valence-corrected chi connectivity index (χ4v) is 4.08. The zero-order valence-corrected chi connectivity index (χ0v) is 16.7. The second-order valence-electron chi connectivity index (χ2n) is 7.75. The van der Waals surface area contributed by atoms with Crippen LogP contribution < -0.4 is 16.0 Å². The van der Waals surface area contributed by atoms with Crippen molar-refractivity contribution in [2.75, 3.05) is 55.3 Å². The van der Waals surface area contributed by atoms with Crippen LogP contribution in [0.5, 0.6) is 0 Å². The molecule has 2 saturated heterocycles. The largest absolute Gasteiger partial charge is 0.381 e. The van der Waals surface area contributed by atoms with Gasteiger partial charge in [-0.3, -0.25) is 14.7 Å². The molecule has 0 aliphatic carbocycles. The van der Waals surface area contributed by atoms with Gasteiger partial charge in [0.2, 0.25) is 0 Å². The Kier molecular flexibility index (Phi) is 5.02. The number of hydrogen-bond acceptors (Lipinski definition) is 8. The second-order valence-corrected chi connectivity index (χ2v) is 7.75. The first kappa shape index (κ1) is 19.8. The predicted molar refractivity (Wildman–Crippen MR) is 110 cm³/mol. The molecule has 10 nitrogen and oxygen atoms in total.